The van der Waals surface area contributed by atoms with Crippen LogP contribution in [0.3, 0.4) is 0 Å². The molecule has 150 valence electrons. The zero-order chi connectivity index (χ0) is 20.1. The van der Waals surface area contributed by atoms with Crippen LogP contribution in [0.15, 0.2) is 47.5 Å². The van der Waals surface area contributed by atoms with Crippen LogP contribution in [0.4, 0.5) is 5.69 Å². The van der Waals surface area contributed by atoms with Crippen LogP contribution >= 0.6 is 0 Å². The maximum atomic E-state index is 13.1. The van der Waals surface area contributed by atoms with Crippen molar-refractivity contribution in [2.45, 2.75) is 37.6 Å². The lowest BCUT2D eigenvalue weighted by atomic mass is 10.2. The molecule has 1 aliphatic rings. The van der Waals surface area contributed by atoms with Gasteiger partial charge in [0.15, 0.2) is 11.9 Å². The Labute approximate surface area is 166 Å². The molecule has 2 heterocycles. The molecule has 1 aromatic heterocycles. The van der Waals surface area contributed by atoms with E-state index in [1.54, 1.807) is 12.1 Å². The Bertz CT molecular complexity index is 954. The van der Waals surface area contributed by atoms with E-state index >= 15 is 0 Å². The second kappa shape index (κ2) is 8.70. The number of anilines is 1. The third-order valence-corrected chi connectivity index (χ3v) is 6.78. The van der Waals surface area contributed by atoms with Crippen LogP contribution in [0.25, 0.3) is 0 Å². The van der Waals surface area contributed by atoms with E-state index in [1.807, 2.05) is 35.9 Å². The maximum absolute atomic E-state index is 13.1. The van der Waals surface area contributed by atoms with Gasteiger partial charge >= 0.3 is 0 Å². The molecule has 1 aromatic carbocycles. The number of pyridine rings is 1. The number of aromatic nitrogens is 1. The van der Waals surface area contributed by atoms with Gasteiger partial charge in [-0.1, -0.05) is 12.5 Å². The van der Waals surface area contributed by atoms with Crippen molar-refractivity contribution in [3.8, 4) is 5.75 Å². The molecule has 1 amide bonds. The molecule has 0 saturated carbocycles. The van der Waals surface area contributed by atoms with Gasteiger partial charge in [0, 0.05) is 37.8 Å². The normalized spacial score (nSPS) is 15.2. The summed E-state index contributed by atoms with van der Waals surface area (Å²) in [5.74, 6) is 0.0441. The summed E-state index contributed by atoms with van der Waals surface area (Å²) in [6, 6.07) is 10.4. The number of methoxy groups -OCH3 is 1. The summed E-state index contributed by atoms with van der Waals surface area (Å²) in [4.78, 5) is 12.5. The van der Waals surface area contributed by atoms with Crippen molar-refractivity contribution in [2.24, 2.45) is 0 Å². The first-order valence-electron chi connectivity index (χ1n) is 9.35. The second-order valence-corrected chi connectivity index (χ2v) is 8.75. The van der Waals surface area contributed by atoms with Gasteiger partial charge in [-0.3, -0.25) is 4.79 Å². The van der Waals surface area contributed by atoms with Gasteiger partial charge in [-0.05, 0) is 31.0 Å². The number of amides is 1. The van der Waals surface area contributed by atoms with E-state index in [1.165, 1.54) is 17.5 Å². The Morgan fingerprint density at radius 3 is 2.61 bits per heavy atom. The molecule has 28 heavy (non-hydrogen) atoms. The Morgan fingerprint density at radius 1 is 1.18 bits per heavy atom. The summed E-state index contributed by atoms with van der Waals surface area (Å²) in [6.07, 6.45) is 4.57. The summed E-state index contributed by atoms with van der Waals surface area (Å²) >= 11 is 0. The average molecular weight is 405 g/mol. The first kappa shape index (κ1) is 20.3. The Hall–Kier alpha value is -2.45. The molecule has 1 saturated heterocycles. The number of rotatable bonds is 6. The van der Waals surface area contributed by atoms with Crippen LogP contribution in [0.5, 0.6) is 5.75 Å². The molecule has 0 unspecified atom stereocenters. The fourth-order valence-electron chi connectivity index (χ4n) is 3.29. The summed E-state index contributed by atoms with van der Waals surface area (Å²) in [5.41, 5.74) is 1.39. The standard InChI is InChI=1S/C20H25N3O4S/c1-16-8-4-7-11-22(16)15-20(24)21-17-9-10-18(27-2)19(14-17)28(25,26)23-12-5-3-6-13-23/h4,7-11,14H,3,5-6,12-13,15H2,1-2H3/p+1. The van der Waals surface area contributed by atoms with Gasteiger partial charge in [0.2, 0.25) is 16.6 Å². The number of nitrogens with zero attached hydrogens (tertiary/aromatic N) is 2. The van der Waals surface area contributed by atoms with Gasteiger partial charge in [0.25, 0.3) is 5.91 Å². The molecule has 8 heteroatoms. The first-order valence-corrected chi connectivity index (χ1v) is 10.8. The first-order chi connectivity index (χ1) is 13.4. The smallest absolute Gasteiger partial charge is 0.290 e. The minimum atomic E-state index is -3.68. The molecular formula is C20H26N3O4S+. The van der Waals surface area contributed by atoms with Crippen molar-refractivity contribution in [1.82, 2.24) is 4.31 Å². The molecule has 7 nitrogen and oxygen atoms in total. The molecular weight excluding hydrogens is 378 g/mol. The highest BCUT2D eigenvalue weighted by molar-refractivity contribution is 7.89. The second-order valence-electron chi connectivity index (χ2n) is 6.85. The van der Waals surface area contributed by atoms with Gasteiger partial charge in [-0.2, -0.15) is 8.87 Å². The monoisotopic (exact) mass is 404 g/mol. The summed E-state index contributed by atoms with van der Waals surface area (Å²) in [5, 5.41) is 2.79. The van der Waals surface area contributed by atoms with Crippen LogP contribution in [0.1, 0.15) is 25.0 Å². The van der Waals surface area contributed by atoms with Crippen LogP contribution in [0.2, 0.25) is 0 Å². The van der Waals surface area contributed by atoms with Crippen LogP contribution in [-0.4, -0.2) is 38.8 Å². The SMILES string of the molecule is COc1ccc(NC(=O)C[n+]2ccccc2C)cc1S(=O)(=O)N1CCCCC1. The van der Waals surface area contributed by atoms with Crippen molar-refractivity contribution in [1.29, 1.82) is 0 Å². The number of carbonyl (C=O) groups is 1. The number of benzene rings is 1. The fourth-order valence-corrected chi connectivity index (χ4v) is 4.99. The lowest BCUT2D eigenvalue weighted by molar-refractivity contribution is -0.690. The molecule has 1 N–H and O–H groups in total. The molecule has 0 aliphatic carbocycles. The van der Waals surface area contributed by atoms with Crippen LogP contribution < -0.4 is 14.6 Å². The number of piperidine rings is 1. The van der Waals surface area contributed by atoms with E-state index in [4.69, 9.17) is 4.74 Å². The fraction of sp³-hybridized carbons (Fsp3) is 0.400. The van der Waals surface area contributed by atoms with Gasteiger partial charge in [-0.25, -0.2) is 8.42 Å². The van der Waals surface area contributed by atoms with Crippen LogP contribution in [-0.2, 0) is 21.4 Å². The predicted octanol–water partition coefficient (Wildman–Crippen LogP) is 2.10. The van der Waals surface area contributed by atoms with Crippen molar-refractivity contribution < 1.29 is 22.5 Å². The van der Waals surface area contributed by atoms with E-state index in [2.05, 4.69) is 5.32 Å². The van der Waals surface area contributed by atoms with Crippen molar-refractivity contribution in [2.75, 3.05) is 25.5 Å². The lowest BCUT2D eigenvalue weighted by Gasteiger charge is -2.26. The van der Waals surface area contributed by atoms with E-state index in [-0.39, 0.29) is 23.1 Å². The number of hydrogen-bond donors (Lipinski definition) is 1. The Kier molecular flexibility index (Phi) is 6.31. The van der Waals surface area contributed by atoms with Crippen molar-refractivity contribution in [3.05, 3.63) is 48.3 Å². The number of sulfonamides is 1. The van der Waals surface area contributed by atoms with E-state index in [9.17, 15) is 13.2 Å². The summed E-state index contributed by atoms with van der Waals surface area (Å²) < 4.78 is 34.7. The number of aryl methyl sites for hydroxylation is 1. The number of carbonyl (C=O) groups excluding carboxylic acids is 1. The minimum absolute atomic E-state index is 0.0817. The van der Waals surface area contributed by atoms with Crippen molar-refractivity contribution >= 4 is 21.6 Å². The third kappa shape index (κ3) is 4.51. The highest BCUT2D eigenvalue weighted by Crippen LogP contribution is 2.31. The Morgan fingerprint density at radius 2 is 1.93 bits per heavy atom. The summed E-state index contributed by atoms with van der Waals surface area (Å²) in [7, 11) is -2.23. The van der Waals surface area contributed by atoms with Crippen LogP contribution in [0, 0.1) is 6.92 Å². The van der Waals surface area contributed by atoms with E-state index in [0.717, 1.165) is 25.0 Å². The van der Waals surface area contributed by atoms with Gasteiger partial charge in [0.1, 0.15) is 10.6 Å². The molecule has 0 bridgehead atoms. The molecule has 2 aromatic rings. The predicted molar refractivity (Wildman–Crippen MR) is 106 cm³/mol. The summed E-state index contributed by atoms with van der Waals surface area (Å²) in [6.45, 7) is 3.08. The number of ether oxygens (including phenoxy) is 1. The van der Waals surface area contributed by atoms with Gasteiger partial charge in [0.05, 0.1) is 7.11 Å². The molecule has 1 fully saturated rings. The molecule has 1 aliphatic heterocycles. The van der Waals surface area contributed by atoms with Crippen molar-refractivity contribution in [3.63, 3.8) is 0 Å². The zero-order valence-corrected chi connectivity index (χ0v) is 17.0. The minimum Gasteiger partial charge on any atom is -0.495 e. The quantitative estimate of drug-likeness (QED) is 0.748. The highest BCUT2D eigenvalue weighted by atomic mass is 32.2. The lowest BCUT2D eigenvalue weighted by Crippen LogP contribution is -2.42. The van der Waals surface area contributed by atoms with Gasteiger partial charge < -0.3 is 10.1 Å². The number of nitrogens with one attached hydrogen (secondary N) is 1. The average Bonchev–Trinajstić information content (AvgIpc) is 2.70. The zero-order valence-electron chi connectivity index (χ0n) is 16.2. The largest absolute Gasteiger partial charge is 0.495 e. The molecule has 0 radical (unpaired) electrons. The third-order valence-electron chi connectivity index (χ3n) is 4.86. The molecule has 0 spiro atoms. The molecule has 3 rings (SSSR count). The van der Waals surface area contributed by atoms with E-state index in [0.29, 0.717) is 18.8 Å². The topological polar surface area (TPSA) is 79.6 Å². The highest BCUT2D eigenvalue weighted by Gasteiger charge is 2.29. The Balaban J connectivity index is 1.82. The van der Waals surface area contributed by atoms with E-state index < -0.39 is 10.0 Å². The maximum Gasteiger partial charge on any atom is 0.290 e. The van der Waals surface area contributed by atoms with Gasteiger partial charge in [-0.15, -0.1) is 0 Å². The number of hydrogen-bond acceptors (Lipinski definition) is 4. The molecule has 0 atom stereocenters.